The first-order valence-electron chi connectivity index (χ1n) is 9.07. The van der Waals surface area contributed by atoms with Crippen molar-refractivity contribution in [3.8, 4) is 0 Å². The second kappa shape index (κ2) is 22.0. The van der Waals surface area contributed by atoms with E-state index in [1.165, 1.54) is 25.7 Å². The molecule has 6 heteroatoms. The van der Waals surface area contributed by atoms with E-state index < -0.39 is 0 Å². The van der Waals surface area contributed by atoms with Crippen LogP contribution in [0.25, 0.3) is 0 Å². The molecule has 0 heterocycles. The Labute approximate surface area is 145 Å². The van der Waals surface area contributed by atoms with Crippen LogP contribution >= 0.6 is 0 Å². The van der Waals surface area contributed by atoms with Gasteiger partial charge in [-0.15, -0.1) is 0 Å². The minimum absolute atomic E-state index is 0.605. The van der Waals surface area contributed by atoms with Crippen molar-refractivity contribution in [2.75, 3.05) is 59.5 Å². The fourth-order valence-corrected chi connectivity index (χ4v) is 2.32. The summed E-state index contributed by atoms with van der Waals surface area (Å²) in [6.45, 7) is 10.3. The van der Waals surface area contributed by atoms with E-state index in [4.69, 9.17) is 23.4 Å². The van der Waals surface area contributed by atoms with Crippen LogP contribution in [-0.4, -0.2) is 69.2 Å². The zero-order chi connectivity index (χ0) is 16.8. The van der Waals surface area contributed by atoms with Crippen molar-refractivity contribution in [3.05, 3.63) is 0 Å². The number of unbranched alkanes of at least 4 members (excludes halogenated alkanes) is 3. The van der Waals surface area contributed by atoms with Crippen molar-refractivity contribution in [1.82, 2.24) is 0 Å². The standard InChI is InChI=1S/C17H36O5Si/c1-3-5-6-7-8-18-9-10-19-11-12-20-13-14-21-15-16-22-23-17-4-2/h3-17H2,1-2H3. The Morgan fingerprint density at radius 2 is 1.04 bits per heavy atom. The van der Waals surface area contributed by atoms with Gasteiger partial charge in [0.1, 0.15) is 0 Å². The van der Waals surface area contributed by atoms with Gasteiger partial charge in [0.05, 0.1) is 52.9 Å². The van der Waals surface area contributed by atoms with Crippen LogP contribution in [0.5, 0.6) is 0 Å². The van der Waals surface area contributed by atoms with Crippen molar-refractivity contribution >= 4 is 9.76 Å². The van der Waals surface area contributed by atoms with Gasteiger partial charge in [-0.2, -0.15) is 0 Å². The maximum absolute atomic E-state index is 5.49. The quantitative estimate of drug-likeness (QED) is 0.250. The second-order valence-corrected chi connectivity index (χ2v) is 6.33. The summed E-state index contributed by atoms with van der Waals surface area (Å²) in [6, 6.07) is 1.15. The predicted octanol–water partition coefficient (Wildman–Crippen LogP) is 3.10. The summed E-state index contributed by atoms with van der Waals surface area (Å²) in [4.78, 5) is 0. The summed E-state index contributed by atoms with van der Waals surface area (Å²) >= 11 is 0. The largest absolute Gasteiger partial charge is 0.415 e. The van der Waals surface area contributed by atoms with Crippen molar-refractivity contribution in [2.45, 2.75) is 52.0 Å². The molecule has 0 rings (SSSR count). The van der Waals surface area contributed by atoms with Gasteiger partial charge in [-0.3, -0.25) is 0 Å². The molecule has 0 aliphatic heterocycles. The Kier molecular flexibility index (Phi) is 22.0. The molecule has 0 N–H and O–H groups in total. The first-order chi connectivity index (χ1) is 11.4. The minimum atomic E-state index is 0.605. The number of hydrogen-bond donors (Lipinski definition) is 0. The second-order valence-electron chi connectivity index (χ2n) is 5.25. The lowest BCUT2D eigenvalue weighted by Gasteiger charge is -2.07. The highest BCUT2D eigenvalue weighted by molar-refractivity contribution is 6.26. The maximum Gasteiger partial charge on any atom is 0.229 e. The average Bonchev–Trinajstić information content (AvgIpc) is 2.57. The molecule has 23 heavy (non-hydrogen) atoms. The van der Waals surface area contributed by atoms with Crippen LogP contribution in [-0.2, 0) is 23.4 Å². The Morgan fingerprint density at radius 3 is 1.57 bits per heavy atom. The molecule has 0 amide bonds. The molecule has 0 aromatic carbocycles. The van der Waals surface area contributed by atoms with Gasteiger partial charge < -0.3 is 23.4 Å². The van der Waals surface area contributed by atoms with E-state index >= 15 is 0 Å². The van der Waals surface area contributed by atoms with Gasteiger partial charge in [0.25, 0.3) is 0 Å². The Morgan fingerprint density at radius 1 is 0.522 bits per heavy atom. The van der Waals surface area contributed by atoms with Crippen molar-refractivity contribution < 1.29 is 23.4 Å². The van der Waals surface area contributed by atoms with Crippen LogP contribution in [0.2, 0.25) is 6.04 Å². The molecule has 0 saturated carbocycles. The third-order valence-electron chi connectivity index (χ3n) is 3.04. The van der Waals surface area contributed by atoms with Gasteiger partial charge in [-0.1, -0.05) is 39.5 Å². The number of hydrogen-bond acceptors (Lipinski definition) is 5. The highest BCUT2D eigenvalue weighted by Gasteiger charge is 1.94. The summed E-state index contributed by atoms with van der Waals surface area (Å²) in [5.74, 6) is 0. The Balaban J connectivity index is 2.92. The first kappa shape index (κ1) is 23.0. The number of rotatable bonds is 20. The lowest BCUT2D eigenvalue weighted by Crippen LogP contribution is -2.13. The monoisotopic (exact) mass is 348 g/mol. The molecule has 0 bridgehead atoms. The first-order valence-corrected chi connectivity index (χ1v) is 10.2. The molecular formula is C17H36O5Si. The molecule has 0 aromatic rings. The van der Waals surface area contributed by atoms with E-state index in [-0.39, 0.29) is 0 Å². The smallest absolute Gasteiger partial charge is 0.229 e. The topological polar surface area (TPSA) is 46.2 Å². The highest BCUT2D eigenvalue weighted by Crippen LogP contribution is 1.98. The molecule has 0 spiro atoms. The van der Waals surface area contributed by atoms with E-state index in [1.54, 1.807) is 0 Å². The molecule has 0 atom stereocenters. The maximum atomic E-state index is 5.49. The molecule has 2 radical (unpaired) electrons. The molecule has 0 fully saturated rings. The van der Waals surface area contributed by atoms with Gasteiger partial charge >= 0.3 is 0 Å². The summed E-state index contributed by atoms with van der Waals surface area (Å²) in [6.07, 6.45) is 6.16. The molecule has 0 aliphatic carbocycles. The van der Waals surface area contributed by atoms with Crippen molar-refractivity contribution in [2.24, 2.45) is 0 Å². The van der Waals surface area contributed by atoms with Gasteiger partial charge in [-0.05, 0) is 12.5 Å². The zero-order valence-electron chi connectivity index (χ0n) is 15.1. The van der Waals surface area contributed by atoms with Crippen LogP contribution in [0, 0.1) is 0 Å². The predicted molar refractivity (Wildman–Crippen MR) is 94.2 cm³/mol. The molecule has 0 unspecified atom stereocenters. The SMILES string of the molecule is CCCCCCOCCOCCOCCOCCO[Si]CCC. The lowest BCUT2D eigenvalue weighted by atomic mass is 10.2. The fraction of sp³-hybridized carbons (Fsp3) is 1.00. The van der Waals surface area contributed by atoms with E-state index in [1.807, 2.05) is 0 Å². The van der Waals surface area contributed by atoms with Gasteiger partial charge in [0.2, 0.25) is 9.76 Å². The average molecular weight is 349 g/mol. The third-order valence-corrected chi connectivity index (χ3v) is 4.15. The lowest BCUT2D eigenvalue weighted by molar-refractivity contribution is -0.00480. The number of ether oxygens (including phenoxy) is 4. The summed E-state index contributed by atoms with van der Waals surface area (Å²) in [7, 11) is 0.605. The summed E-state index contributed by atoms with van der Waals surface area (Å²) in [5, 5.41) is 0. The van der Waals surface area contributed by atoms with Crippen LogP contribution in [0.15, 0.2) is 0 Å². The minimum Gasteiger partial charge on any atom is -0.415 e. The van der Waals surface area contributed by atoms with E-state index in [0.717, 1.165) is 19.1 Å². The van der Waals surface area contributed by atoms with Gasteiger partial charge in [-0.25, -0.2) is 0 Å². The zero-order valence-corrected chi connectivity index (χ0v) is 16.1. The molecule has 5 nitrogen and oxygen atoms in total. The molecule has 0 aromatic heterocycles. The molecule has 0 aliphatic rings. The molecule has 138 valence electrons. The Hall–Kier alpha value is 0.0169. The van der Waals surface area contributed by atoms with Crippen molar-refractivity contribution in [3.63, 3.8) is 0 Å². The molecular weight excluding hydrogens is 312 g/mol. The summed E-state index contributed by atoms with van der Waals surface area (Å²) < 4.78 is 27.2. The van der Waals surface area contributed by atoms with E-state index in [2.05, 4.69) is 13.8 Å². The fourth-order valence-electron chi connectivity index (χ4n) is 1.74. The van der Waals surface area contributed by atoms with Crippen LogP contribution in [0.1, 0.15) is 46.0 Å². The van der Waals surface area contributed by atoms with Gasteiger partial charge in [0.15, 0.2) is 0 Å². The van der Waals surface area contributed by atoms with Gasteiger partial charge in [0, 0.05) is 6.61 Å². The highest BCUT2D eigenvalue weighted by atomic mass is 28.2. The van der Waals surface area contributed by atoms with Crippen LogP contribution in [0.3, 0.4) is 0 Å². The third kappa shape index (κ3) is 22.0. The molecule has 0 saturated heterocycles. The van der Waals surface area contributed by atoms with Crippen LogP contribution < -0.4 is 0 Å². The van der Waals surface area contributed by atoms with Crippen molar-refractivity contribution in [1.29, 1.82) is 0 Å². The van der Waals surface area contributed by atoms with E-state index in [9.17, 15) is 0 Å². The van der Waals surface area contributed by atoms with E-state index in [0.29, 0.717) is 62.6 Å². The Bertz CT molecular complexity index is 187. The summed E-state index contributed by atoms with van der Waals surface area (Å²) in [5.41, 5.74) is 0. The van der Waals surface area contributed by atoms with Crippen LogP contribution in [0.4, 0.5) is 0 Å². The normalized spacial score (nSPS) is 11.2.